The predicted octanol–water partition coefficient (Wildman–Crippen LogP) is 4.18. The molecule has 0 saturated heterocycles. The zero-order valence-electron chi connectivity index (χ0n) is 13.0. The van der Waals surface area contributed by atoms with Crippen LogP contribution in [0.25, 0.3) is 0 Å². The van der Waals surface area contributed by atoms with Crippen molar-refractivity contribution in [3.8, 4) is 0 Å². The van der Waals surface area contributed by atoms with E-state index in [9.17, 15) is 0 Å². The Balaban J connectivity index is 0. The normalized spacial score (nSPS) is 8.79. The van der Waals surface area contributed by atoms with Gasteiger partial charge < -0.3 is 15.2 Å². The standard InChI is InChI=1S/C13H9BrN.2C2H4O2.Pd/c14-13-9-5-4-6-11(13)10-15-12-7-2-1-3-8-12;2*1-2(3)4;/h1-5,7-10H;2*1H3,(H,3,4);/q-1;;;. The second-order valence-electron chi connectivity index (χ2n) is 4.06. The van der Waals surface area contributed by atoms with Crippen LogP contribution in [0.3, 0.4) is 0 Å². The molecule has 132 valence electrons. The van der Waals surface area contributed by atoms with Gasteiger partial charge >= 0.3 is 0 Å². The molecule has 2 rings (SSSR count). The first-order valence-corrected chi connectivity index (χ1v) is 7.26. The van der Waals surface area contributed by atoms with E-state index in [2.05, 4.69) is 27.0 Å². The summed E-state index contributed by atoms with van der Waals surface area (Å²) in [5.41, 5.74) is 1.91. The molecule has 0 bridgehead atoms. The summed E-state index contributed by atoms with van der Waals surface area (Å²) in [6, 6.07) is 18.7. The summed E-state index contributed by atoms with van der Waals surface area (Å²) >= 11 is 3.45. The Bertz CT molecular complexity index is 628. The van der Waals surface area contributed by atoms with Crippen molar-refractivity contribution in [2.45, 2.75) is 13.8 Å². The number of hydrogen-bond donors (Lipinski definition) is 2. The first-order chi connectivity index (χ1) is 10.8. The number of rotatable bonds is 2. The number of carboxylic acid groups (broad SMARTS) is 2. The van der Waals surface area contributed by atoms with E-state index in [1.165, 1.54) is 0 Å². The summed E-state index contributed by atoms with van der Waals surface area (Å²) in [4.78, 5) is 22.4. The average Bonchev–Trinajstić information content (AvgIpc) is 2.46. The Morgan fingerprint density at radius 2 is 1.54 bits per heavy atom. The van der Waals surface area contributed by atoms with E-state index < -0.39 is 11.9 Å². The van der Waals surface area contributed by atoms with Gasteiger partial charge in [-0.15, -0.1) is 45.8 Å². The third kappa shape index (κ3) is 15.1. The first kappa shape index (κ1) is 24.4. The summed E-state index contributed by atoms with van der Waals surface area (Å²) in [5, 5.41) is 14.8. The molecule has 0 aliphatic rings. The Morgan fingerprint density at radius 1 is 1.04 bits per heavy atom. The monoisotopic (exact) mass is 484 g/mol. The first-order valence-electron chi connectivity index (χ1n) is 6.47. The van der Waals surface area contributed by atoms with Crippen molar-refractivity contribution in [1.29, 1.82) is 0 Å². The average molecular weight is 486 g/mol. The number of benzene rings is 2. The van der Waals surface area contributed by atoms with Gasteiger partial charge in [-0.1, -0.05) is 22.7 Å². The fourth-order valence-corrected chi connectivity index (χ4v) is 1.55. The van der Waals surface area contributed by atoms with E-state index in [4.69, 9.17) is 19.8 Å². The minimum Gasteiger partial charge on any atom is -0.481 e. The fourth-order valence-electron chi connectivity index (χ4n) is 1.18. The van der Waals surface area contributed by atoms with Crippen LogP contribution < -0.4 is 0 Å². The number of carbonyl (C=O) groups is 2. The van der Waals surface area contributed by atoms with Gasteiger partial charge in [-0.2, -0.15) is 0 Å². The molecule has 0 radical (unpaired) electrons. The third-order valence-electron chi connectivity index (χ3n) is 1.93. The molecule has 24 heavy (non-hydrogen) atoms. The minimum absolute atomic E-state index is 0. The fraction of sp³-hybridized carbons (Fsp3) is 0.118. The van der Waals surface area contributed by atoms with Gasteiger partial charge in [0.2, 0.25) is 0 Å². The molecule has 0 heterocycles. The van der Waals surface area contributed by atoms with Crippen molar-refractivity contribution < 1.29 is 40.2 Å². The van der Waals surface area contributed by atoms with E-state index in [1.54, 1.807) is 6.21 Å². The van der Waals surface area contributed by atoms with E-state index in [1.807, 2.05) is 48.5 Å². The molecular formula is C17H17BrNO4Pd-. The Morgan fingerprint density at radius 3 is 2.00 bits per heavy atom. The van der Waals surface area contributed by atoms with Crippen molar-refractivity contribution >= 4 is 39.8 Å². The van der Waals surface area contributed by atoms with Crippen LogP contribution in [-0.2, 0) is 30.0 Å². The molecule has 0 amide bonds. The van der Waals surface area contributed by atoms with Gasteiger partial charge in [0.15, 0.2) is 0 Å². The molecule has 0 aliphatic heterocycles. The molecule has 0 atom stereocenters. The number of aliphatic carboxylic acids is 2. The van der Waals surface area contributed by atoms with Crippen LogP contribution in [0.4, 0.5) is 5.69 Å². The van der Waals surface area contributed by atoms with E-state index in [0.29, 0.717) is 0 Å². The van der Waals surface area contributed by atoms with Gasteiger partial charge in [0.05, 0.1) is 5.69 Å². The van der Waals surface area contributed by atoms with Crippen molar-refractivity contribution in [2.24, 2.45) is 4.99 Å². The Hall–Kier alpha value is -1.81. The van der Waals surface area contributed by atoms with Crippen LogP contribution in [0.15, 0.2) is 58.0 Å². The number of nitrogens with zero attached hydrogens (tertiary/aromatic N) is 1. The summed E-state index contributed by atoms with van der Waals surface area (Å²) in [6.45, 7) is 2.17. The second kappa shape index (κ2) is 14.8. The molecule has 2 aromatic carbocycles. The number of halogens is 1. The number of carboxylic acids is 2. The number of aliphatic imine (C=N–C) groups is 1. The van der Waals surface area contributed by atoms with Crippen molar-refractivity contribution in [2.75, 3.05) is 0 Å². The molecule has 0 unspecified atom stereocenters. The molecule has 0 aromatic heterocycles. The van der Waals surface area contributed by atoms with E-state index in [0.717, 1.165) is 29.6 Å². The summed E-state index contributed by atoms with van der Waals surface area (Å²) in [6.07, 6.45) is 1.80. The number of para-hydroxylation sites is 1. The van der Waals surface area contributed by atoms with Gasteiger partial charge in [-0.05, 0) is 18.3 Å². The maximum Gasteiger partial charge on any atom is 0.300 e. The van der Waals surface area contributed by atoms with E-state index >= 15 is 0 Å². The van der Waals surface area contributed by atoms with Crippen molar-refractivity contribution in [1.82, 2.24) is 0 Å². The molecule has 5 nitrogen and oxygen atoms in total. The van der Waals surface area contributed by atoms with Crippen LogP contribution in [0.5, 0.6) is 0 Å². The quantitative estimate of drug-likeness (QED) is 0.380. The largest absolute Gasteiger partial charge is 0.481 e. The molecule has 0 saturated carbocycles. The second-order valence-corrected chi connectivity index (χ2v) is 4.92. The zero-order chi connectivity index (χ0) is 17.7. The van der Waals surface area contributed by atoms with Crippen LogP contribution in [0.2, 0.25) is 0 Å². The molecule has 0 spiro atoms. The Kier molecular flexibility index (Phi) is 15.0. The van der Waals surface area contributed by atoms with Gasteiger partial charge in [-0.25, -0.2) is 0 Å². The molecule has 7 heteroatoms. The maximum absolute atomic E-state index is 9.00. The van der Waals surface area contributed by atoms with Gasteiger partial charge in [0.1, 0.15) is 0 Å². The van der Waals surface area contributed by atoms with Crippen LogP contribution in [0, 0.1) is 6.07 Å². The summed E-state index contributed by atoms with van der Waals surface area (Å²) < 4.78 is 1.00. The number of hydrogen-bond acceptors (Lipinski definition) is 3. The maximum atomic E-state index is 9.00. The smallest absolute Gasteiger partial charge is 0.300 e. The molecule has 0 aliphatic carbocycles. The zero-order valence-corrected chi connectivity index (χ0v) is 16.2. The molecule has 2 aromatic rings. The van der Waals surface area contributed by atoms with Crippen LogP contribution in [-0.4, -0.2) is 28.4 Å². The van der Waals surface area contributed by atoms with Crippen LogP contribution >= 0.6 is 15.9 Å². The SMILES string of the molecule is Brc1ccc[c-]c1C=Nc1ccccc1.CC(=O)O.CC(=O)O.[Pd]. The van der Waals surface area contributed by atoms with Gasteiger partial charge in [-0.3, -0.25) is 9.59 Å². The third-order valence-corrected chi connectivity index (χ3v) is 2.63. The molecular weight excluding hydrogens is 469 g/mol. The topological polar surface area (TPSA) is 87.0 Å². The van der Waals surface area contributed by atoms with E-state index in [-0.39, 0.29) is 20.4 Å². The van der Waals surface area contributed by atoms with Gasteiger partial charge in [0.25, 0.3) is 11.9 Å². The predicted molar refractivity (Wildman–Crippen MR) is 93.3 cm³/mol. The summed E-state index contributed by atoms with van der Waals surface area (Å²) in [5.74, 6) is -1.67. The summed E-state index contributed by atoms with van der Waals surface area (Å²) in [7, 11) is 0. The van der Waals surface area contributed by atoms with Crippen molar-refractivity contribution in [3.63, 3.8) is 0 Å². The van der Waals surface area contributed by atoms with Crippen molar-refractivity contribution in [3.05, 3.63) is 64.6 Å². The molecule has 0 fully saturated rings. The molecule has 2 N–H and O–H groups in total. The Labute approximate surface area is 163 Å². The van der Waals surface area contributed by atoms with Crippen LogP contribution in [0.1, 0.15) is 19.4 Å². The minimum atomic E-state index is -0.833. The van der Waals surface area contributed by atoms with Gasteiger partial charge in [0, 0.05) is 34.3 Å².